The Morgan fingerprint density at radius 3 is 2.37 bits per heavy atom. The van der Waals surface area contributed by atoms with Crippen molar-refractivity contribution in [1.29, 1.82) is 0 Å². The van der Waals surface area contributed by atoms with Crippen LogP contribution in [0.3, 0.4) is 0 Å². The van der Waals surface area contributed by atoms with Crippen LogP contribution in [0.5, 0.6) is 0 Å². The average molecular weight is 371 g/mol. The second kappa shape index (κ2) is 12.5. The Morgan fingerprint density at radius 2 is 1.74 bits per heavy atom. The summed E-state index contributed by atoms with van der Waals surface area (Å²) >= 11 is 0. The fraction of sp³-hybridized carbons (Fsp3) is 0.560. The van der Waals surface area contributed by atoms with Gasteiger partial charge < -0.3 is 5.11 Å². The topological polar surface area (TPSA) is 37.3 Å². The van der Waals surface area contributed by atoms with E-state index in [0.717, 1.165) is 51.4 Å². The molecule has 1 aliphatic rings. The van der Waals surface area contributed by atoms with E-state index in [1.807, 2.05) is 6.08 Å². The summed E-state index contributed by atoms with van der Waals surface area (Å²) in [5.74, 6) is -0.424. The second-order valence-corrected chi connectivity index (χ2v) is 8.16. The molecule has 0 aliphatic heterocycles. The predicted octanol–water partition coefficient (Wildman–Crippen LogP) is 7.55. The summed E-state index contributed by atoms with van der Waals surface area (Å²) in [5.41, 5.74) is 5.93. The number of rotatable bonds is 5. The van der Waals surface area contributed by atoms with Gasteiger partial charge in [-0.05, 0) is 91.4 Å². The molecule has 150 valence electrons. The van der Waals surface area contributed by atoms with E-state index >= 15 is 0 Å². The smallest absolute Gasteiger partial charge is 0.331 e. The lowest BCUT2D eigenvalue weighted by molar-refractivity contribution is -0.132. The van der Waals surface area contributed by atoms with Gasteiger partial charge in [-0.2, -0.15) is 0 Å². The van der Waals surface area contributed by atoms with Crippen LogP contribution in [0.25, 0.3) is 0 Å². The number of carboxylic acid groups (broad SMARTS) is 1. The van der Waals surface area contributed by atoms with Crippen LogP contribution in [0.4, 0.5) is 0 Å². The normalized spacial score (nSPS) is 25.6. The zero-order chi connectivity index (χ0) is 20.2. The van der Waals surface area contributed by atoms with Gasteiger partial charge in [0.1, 0.15) is 0 Å². The first kappa shape index (κ1) is 23.2. The summed E-state index contributed by atoms with van der Waals surface area (Å²) in [4.78, 5) is 11.6. The minimum Gasteiger partial charge on any atom is -0.478 e. The molecule has 0 spiro atoms. The fourth-order valence-corrected chi connectivity index (χ4v) is 3.45. The molecule has 0 saturated heterocycles. The average Bonchev–Trinajstić information content (AvgIpc) is 2.58. The van der Waals surface area contributed by atoms with Gasteiger partial charge in [0.05, 0.1) is 0 Å². The highest BCUT2D eigenvalue weighted by Gasteiger charge is 2.14. The predicted molar refractivity (Wildman–Crippen MR) is 117 cm³/mol. The minimum atomic E-state index is -0.780. The molecule has 1 rings (SSSR count). The van der Waals surface area contributed by atoms with Crippen molar-refractivity contribution in [2.45, 2.75) is 85.5 Å². The monoisotopic (exact) mass is 370 g/mol. The largest absolute Gasteiger partial charge is 0.478 e. The molecule has 2 nitrogen and oxygen atoms in total. The van der Waals surface area contributed by atoms with Crippen LogP contribution in [0, 0.1) is 5.92 Å². The third kappa shape index (κ3) is 10.2. The zero-order valence-electron chi connectivity index (χ0n) is 17.8. The quantitative estimate of drug-likeness (QED) is 0.507. The number of carboxylic acids is 1. The van der Waals surface area contributed by atoms with E-state index in [-0.39, 0.29) is 0 Å². The molecular weight excluding hydrogens is 332 g/mol. The van der Waals surface area contributed by atoms with E-state index in [4.69, 9.17) is 0 Å². The minimum absolute atomic E-state index is 0.355. The molecule has 1 atom stereocenters. The van der Waals surface area contributed by atoms with E-state index < -0.39 is 5.97 Å². The van der Waals surface area contributed by atoms with Crippen LogP contribution in [0.15, 0.2) is 58.7 Å². The summed E-state index contributed by atoms with van der Waals surface area (Å²) in [6.45, 7) is 12.9. The molecule has 1 N–H and O–H groups in total. The molecule has 27 heavy (non-hydrogen) atoms. The van der Waals surface area contributed by atoms with Crippen molar-refractivity contribution >= 4 is 5.97 Å². The molecule has 0 bridgehead atoms. The van der Waals surface area contributed by atoms with Gasteiger partial charge in [0.25, 0.3) is 0 Å². The van der Waals surface area contributed by atoms with Gasteiger partial charge in [-0.3, -0.25) is 0 Å². The van der Waals surface area contributed by atoms with Crippen LogP contribution in [0.2, 0.25) is 0 Å². The van der Waals surface area contributed by atoms with Crippen LogP contribution in [0.1, 0.15) is 85.5 Å². The van der Waals surface area contributed by atoms with E-state index in [9.17, 15) is 9.90 Å². The van der Waals surface area contributed by atoms with Crippen LogP contribution < -0.4 is 0 Å². The van der Waals surface area contributed by atoms with Gasteiger partial charge >= 0.3 is 5.97 Å². The molecule has 1 aliphatic carbocycles. The van der Waals surface area contributed by atoms with E-state index in [1.54, 1.807) is 0 Å². The van der Waals surface area contributed by atoms with Gasteiger partial charge in [0.15, 0.2) is 0 Å². The first-order valence-corrected chi connectivity index (χ1v) is 10.3. The Labute approximate surface area is 166 Å². The molecule has 0 aromatic carbocycles. The molecule has 0 amide bonds. The zero-order valence-corrected chi connectivity index (χ0v) is 17.8. The maximum absolute atomic E-state index is 11.6. The van der Waals surface area contributed by atoms with Gasteiger partial charge in [0.2, 0.25) is 0 Å². The Kier molecular flexibility index (Phi) is 10.8. The number of hydrogen-bond acceptors (Lipinski definition) is 1. The second-order valence-electron chi connectivity index (χ2n) is 8.16. The summed E-state index contributed by atoms with van der Waals surface area (Å²) in [6.07, 6.45) is 17.2. The van der Waals surface area contributed by atoms with Crippen molar-refractivity contribution in [3.05, 3.63) is 58.7 Å². The lowest BCUT2D eigenvalue weighted by Gasteiger charge is -2.19. The molecule has 0 unspecified atom stereocenters. The maximum atomic E-state index is 11.6. The van der Waals surface area contributed by atoms with Crippen LogP contribution in [-0.2, 0) is 4.79 Å². The van der Waals surface area contributed by atoms with Crippen LogP contribution >= 0.6 is 0 Å². The highest BCUT2D eigenvalue weighted by atomic mass is 16.4. The van der Waals surface area contributed by atoms with Crippen molar-refractivity contribution in [3.63, 3.8) is 0 Å². The van der Waals surface area contributed by atoms with Crippen molar-refractivity contribution in [1.82, 2.24) is 0 Å². The van der Waals surface area contributed by atoms with E-state index in [1.165, 1.54) is 22.3 Å². The maximum Gasteiger partial charge on any atom is 0.331 e. The Hall–Kier alpha value is -1.83. The summed E-state index contributed by atoms with van der Waals surface area (Å²) in [7, 11) is 0. The summed E-state index contributed by atoms with van der Waals surface area (Å²) in [6, 6.07) is 0. The van der Waals surface area contributed by atoms with Crippen molar-refractivity contribution in [3.8, 4) is 0 Å². The first-order valence-electron chi connectivity index (χ1n) is 10.3. The highest BCUT2D eigenvalue weighted by Crippen LogP contribution is 2.28. The van der Waals surface area contributed by atoms with Crippen LogP contribution in [-0.4, -0.2) is 11.1 Å². The number of allylic oxidation sites excluding steroid dienone is 8. The lowest BCUT2D eigenvalue weighted by Crippen LogP contribution is -2.06. The third-order valence-corrected chi connectivity index (χ3v) is 5.34. The molecule has 0 aromatic rings. The number of aliphatic carboxylic acids is 1. The number of carbonyl (C=O) groups is 1. The lowest BCUT2D eigenvalue weighted by atomic mass is 9.86. The van der Waals surface area contributed by atoms with Crippen molar-refractivity contribution < 1.29 is 9.90 Å². The van der Waals surface area contributed by atoms with Gasteiger partial charge in [-0.1, -0.05) is 53.2 Å². The molecule has 0 radical (unpaired) electrons. The standard InChI is InChI=1S/C25H38O2/c1-19(2)9-6-13-22(5)23-16-15-21(4)11-7-10-20(3)12-8-14-24(18-17-23)25(26)27/h9,11-12,18,23H,5-8,10,13-17H2,1-4H3,(H,26,27)/b20-12-,21-11-,24-18+/t23-/m1/s1. The van der Waals surface area contributed by atoms with E-state index in [0.29, 0.717) is 17.9 Å². The summed E-state index contributed by atoms with van der Waals surface area (Å²) < 4.78 is 0. The highest BCUT2D eigenvalue weighted by molar-refractivity contribution is 5.86. The Morgan fingerprint density at radius 1 is 1.11 bits per heavy atom. The van der Waals surface area contributed by atoms with Gasteiger partial charge in [0, 0.05) is 5.57 Å². The Balaban J connectivity index is 2.94. The van der Waals surface area contributed by atoms with E-state index in [2.05, 4.69) is 52.5 Å². The SMILES string of the molecule is C=C(CCC=C(C)C)[C@H]1C/C=C(/C(=O)O)CC/C=C(/C)CC/C=C(/C)CC1. The molecule has 0 heterocycles. The third-order valence-electron chi connectivity index (χ3n) is 5.34. The fourth-order valence-electron chi connectivity index (χ4n) is 3.45. The molecule has 0 fully saturated rings. The number of hydrogen-bond donors (Lipinski definition) is 1. The van der Waals surface area contributed by atoms with Gasteiger partial charge in [-0.25, -0.2) is 4.79 Å². The molecule has 2 heteroatoms. The van der Waals surface area contributed by atoms with Crippen molar-refractivity contribution in [2.24, 2.45) is 5.92 Å². The van der Waals surface area contributed by atoms with Gasteiger partial charge in [-0.15, -0.1) is 0 Å². The molecular formula is C25H38O2. The first-order chi connectivity index (χ1) is 12.8. The molecule has 0 saturated carbocycles. The Bertz CT molecular complexity index is 625. The van der Waals surface area contributed by atoms with Crippen molar-refractivity contribution in [2.75, 3.05) is 0 Å². The molecule has 0 aromatic heterocycles. The summed E-state index contributed by atoms with van der Waals surface area (Å²) in [5, 5.41) is 9.55.